The molecule has 2 amide bonds. The number of carbonyl (C=O) groups is 2. The van der Waals surface area contributed by atoms with Crippen LogP contribution in [0.5, 0.6) is 5.75 Å². The first-order valence-electron chi connectivity index (χ1n) is 9.03. The summed E-state index contributed by atoms with van der Waals surface area (Å²) < 4.78 is 5.54. The van der Waals surface area contributed by atoms with Crippen molar-refractivity contribution in [2.45, 2.75) is 32.6 Å². The van der Waals surface area contributed by atoms with Gasteiger partial charge in [0.15, 0.2) is 6.73 Å². The Morgan fingerprint density at radius 3 is 1.96 bits per heavy atom. The first-order valence-corrected chi connectivity index (χ1v) is 9.03. The third-order valence-electron chi connectivity index (χ3n) is 4.47. The number of unbranched alkanes of at least 4 members (excludes halogenated alkanes) is 2. The number of hydrogen-bond acceptors (Lipinski definition) is 3. The minimum Gasteiger partial charge on any atom is -0.473 e. The lowest BCUT2D eigenvalue weighted by Crippen LogP contribution is -2.33. The molecule has 2 aromatic carbocycles. The van der Waals surface area contributed by atoms with Gasteiger partial charge in [0.25, 0.3) is 11.8 Å². The minimum absolute atomic E-state index is 0.0729. The summed E-state index contributed by atoms with van der Waals surface area (Å²) in [6, 6.07) is 16.3. The van der Waals surface area contributed by atoms with Gasteiger partial charge in [-0.1, -0.05) is 56.2 Å². The van der Waals surface area contributed by atoms with Crippen LogP contribution in [0.1, 0.15) is 31.7 Å². The average molecular weight is 349 g/mol. The lowest BCUT2D eigenvalue weighted by Gasteiger charge is -2.15. The van der Waals surface area contributed by atoms with Crippen molar-refractivity contribution in [2.24, 2.45) is 0 Å². The van der Waals surface area contributed by atoms with E-state index in [-0.39, 0.29) is 18.5 Å². The average Bonchev–Trinajstić information content (AvgIpc) is 2.99. The summed E-state index contributed by atoms with van der Waals surface area (Å²) in [5.74, 6) is -0.0614. The molecule has 0 saturated carbocycles. The second-order valence-electron chi connectivity index (χ2n) is 6.39. The Morgan fingerprint density at radius 1 is 0.808 bits per heavy atom. The van der Waals surface area contributed by atoms with Crippen molar-refractivity contribution in [3.8, 4) is 16.9 Å². The van der Waals surface area contributed by atoms with Crippen LogP contribution in [0.2, 0.25) is 0 Å². The summed E-state index contributed by atoms with van der Waals surface area (Å²) in [6.45, 7) is 2.14. The summed E-state index contributed by atoms with van der Waals surface area (Å²) >= 11 is 0. The molecule has 4 nitrogen and oxygen atoms in total. The third-order valence-corrected chi connectivity index (χ3v) is 4.47. The van der Waals surface area contributed by atoms with Crippen LogP contribution in [0.15, 0.2) is 60.7 Å². The van der Waals surface area contributed by atoms with Crippen molar-refractivity contribution in [1.82, 2.24) is 4.90 Å². The Labute approximate surface area is 154 Å². The summed E-state index contributed by atoms with van der Waals surface area (Å²) in [5, 5.41) is 0. The second-order valence-corrected chi connectivity index (χ2v) is 6.39. The minimum atomic E-state index is -0.342. The number of amides is 2. The van der Waals surface area contributed by atoms with E-state index >= 15 is 0 Å². The number of ether oxygens (including phenoxy) is 1. The van der Waals surface area contributed by atoms with Gasteiger partial charge in [-0.2, -0.15) is 0 Å². The molecular weight excluding hydrogens is 326 g/mol. The van der Waals surface area contributed by atoms with Crippen LogP contribution in [-0.2, 0) is 16.0 Å². The first kappa shape index (κ1) is 17.9. The van der Waals surface area contributed by atoms with Crippen molar-refractivity contribution in [3.05, 3.63) is 66.2 Å². The molecule has 0 N–H and O–H groups in total. The van der Waals surface area contributed by atoms with E-state index < -0.39 is 0 Å². The number of imide groups is 1. The number of hydrogen-bond donors (Lipinski definition) is 0. The van der Waals surface area contributed by atoms with Crippen molar-refractivity contribution in [1.29, 1.82) is 0 Å². The smallest absolute Gasteiger partial charge is 0.256 e. The fourth-order valence-corrected chi connectivity index (χ4v) is 2.88. The van der Waals surface area contributed by atoms with Crippen molar-refractivity contribution in [2.75, 3.05) is 6.73 Å². The summed E-state index contributed by atoms with van der Waals surface area (Å²) in [7, 11) is 0. The van der Waals surface area contributed by atoms with E-state index in [1.807, 2.05) is 24.3 Å². The standard InChI is InChI=1S/C22H23NO3/c1-2-3-4-5-17-6-8-18(9-7-17)19-10-12-20(13-11-19)26-16-23-21(24)14-15-22(23)25/h6-15H,2-5,16H2,1H3. The van der Waals surface area contributed by atoms with Crippen LogP contribution in [0.25, 0.3) is 11.1 Å². The van der Waals surface area contributed by atoms with Gasteiger partial charge in [0.05, 0.1) is 0 Å². The first-order chi connectivity index (χ1) is 12.7. The Bertz CT molecular complexity index is 773. The molecule has 0 fully saturated rings. The molecule has 134 valence electrons. The molecule has 2 aromatic rings. The molecule has 0 aromatic heterocycles. The molecule has 0 radical (unpaired) electrons. The summed E-state index contributed by atoms with van der Waals surface area (Å²) in [5.41, 5.74) is 3.63. The fourth-order valence-electron chi connectivity index (χ4n) is 2.88. The highest BCUT2D eigenvalue weighted by molar-refractivity contribution is 6.12. The zero-order chi connectivity index (χ0) is 18.4. The Morgan fingerprint density at radius 2 is 1.38 bits per heavy atom. The SMILES string of the molecule is CCCCCc1ccc(-c2ccc(OCN3C(=O)C=CC3=O)cc2)cc1. The summed E-state index contributed by atoms with van der Waals surface area (Å²) in [6.07, 6.45) is 7.38. The third kappa shape index (κ3) is 4.39. The van der Waals surface area contributed by atoms with Gasteiger partial charge in [-0.25, -0.2) is 4.90 Å². The molecule has 0 saturated heterocycles. The van der Waals surface area contributed by atoms with E-state index in [4.69, 9.17) is 4.74 Å². The highest BCUT2D eigenvalue weighted by Crippen LogP contribution is 2.23. The van der Waals surface area contributed by atoms with Crippen LogP contribution < -0.4 is 4.74 Å². The molecule has 26 heavy (non-hydrogen) atoms. The van der Waals surface area contributed by atoms with E-state index in [9.17, 15) is 9.59 Å². The maximum Gasteiger partial charge on any atom is 0.256 e. The highest BCUT2D eigenvalue weighted by Gasteiger charge is 2.23. The van der Waals surface area contributed by atoms with Gasteiger partial charge >= 0.3 is 0 Å². The zero-order valence-electron chi connectivity index (χ0n) is 15.0. The van der Waals surface area contributed by atoms with Crippen LogP contribution in [0, 0.1) is 0 Å². The normalized spacial score (nSPS) is 13.5. The molecule has 1 aliphatic rings. The zero-order valence-corrected chi connectivity index (χ0v) is 15.0. The predicted octanol–water partition coefficient (Wildman–Crippen LogP) is 4.35. The molecule has 0 atom stereocenters. The highest BCUT2D eigenvalue weighted by atomic mass is 16.5. The number of benzene rings is 2. The summed E-state index contributed by atoms with van der Waals surface area (Å²) in [4.78, 5) is 24.0. The van der Waals surface area contributed by atoms with E-state index in [2.05, 4.69) is 31.2 Å². The monoisotopic (exact) mass is 349 g/mol. The fraction of sp³-hybridized carbons (Fsp3) is 0.273. The molecule has 1 heterocycles. The van der Waals surface area contributed by atoms with Gasteiger partial charge in [-0.3, -0.25) is 9.59 Å². The Kier molecular flexibility index (Phi) is 5.84. The van der Waals surface area contributed by atoms with E-state index in [0.717, 1.165) is 22.4 Å². The maximum atomic E-state index is 11.5. The van der Waals surface area contributed by atoms with Crippen molar-refractivity contribution >= 4 is 11.8 Å². The molecule has 0 aliphatic carbocycles. The van der Waals surface area contributed by atoms with Gasteiger partial charge < -0.3 is 4.74 Å². The molecule has 0 unspecified atom stereocenters. The van der Waals surface area contributed by atoms with Crippen LogP contribution in [0.4, 0.5) is 0 Å². The van der Waals surface area contributed by atoms with Crippen LogP contribution >= 0.6 is 0 Å². The molecule has 0 spiro atoms. The number of aryl methyl sites for hydroxylation is 1. The van der Waals surface area contributed by atoms with Crippen molar-refractivity contribution < 1.29 is 14.3 Å². The van der Waals surface area contributed by atoms with Gasteiger partial charge in [0, 0.05) is 12.2 Å². The second kappa shape index (κ2) is 8.48. The van der Waals surface area contributed by atoms with Gasteiger partial charge in [-0.15, -0.1) is 0 Å². The molecule has 4 heteroatoms. The van der Waals surface area contributed by atoms with Gasteiger partial charge in [0.2, 0.25) is 0 Å². The topological polar surface area (TPSA) is 46.6 Å². The lowest BCUT2D eigenvalue weighted by atomic mass is 10.0. The lowest BCUT2D eigenvalue weighted by molar-refractivity contribution is -0.140. The largest absolute Gasteiger partial charge is 0.473 e. The van der Waals surface area contributed by atoms with Gasteiger partial charge in [-0.05, 0) is 41.7 Å². The maximum absolute atomic E-state index is 11.5. The molecule has 0 bridgehead atoms. The predicted molar refractivity (Wildman–Crippen MR) is 102 cm³/mol. The number of carbonyl (C=O) groups excluding carboxylic acids is 2. The van der Waals surface area contributed by atoms with Crippen LogP contribution in [0.3, 0.4) is 0 Å². The molecule has 3 rings (SSSR count). The van der Waals surface area contributed by atoms with E-state index in [0.29, 0.717) is 5.75 Å². The quantitative estimate of drug-likeness (QED) is 0.526. The molecular formula is C22H23NO3. The number of rotatable bonds is 8. The molecule has 1 aliphatic heterocycles. The van der Waals surface area contributed by atoms with Gasteiger partial charge in [0.1, 0.15) is 5.75 Å². The van der Waals surface area contributed by atoms with Crippen molar-refractivity contribution in [3.63, 3.8) is 0 Å². The van der Waals surface area contributed by atoms with E-state index in [1.165, 1.54) is 37.0 Å². The van der Waals surface area contributed by atoms with Crippen LogP contribution in [-0.4, -0.2) is 23.4 Å². The van der Waals surface area contributed by atoms with E-state index in [1.54, 1.807) is 0 Å². The Balaban J connectivity index is 1.57. The number of nitrogens with zero attached hydrogens (tertiary/aromatic N) is 1. The Hall–Kier alpha value is -2.88.